The molecule has 20 heavy (non-hydrogen) atoms. The minimum atomic E-state index is -3.51. The fourth-order valence-electron chi connectivity index (χ4n) is 2.54. The molecule has 0 radical (unpaired) electrons. The van der Waals surface area contributed by atoms with Gasteiger partial charge in [-0.3, -0.25) is 4.68 Å². The van der Waals surface area contributed by atoms with Gasteiger partial charge in [0.15, 0.2) is 0 Å². The van der Waals surface area contributed by atoms with Gasteiger partial charge in [0.25, 0.3) is 0 Å². The van der Waals surface area contributed by atoms with Crippen molar-refractivity contribution in [3.05, 3.63) is 11.4 Å². The molecule has 0 amide bonds. The molecular weight excluding hydrogens is 276 g/mol. The van der Waals surface area contributed by atoms with Crippen LogP contribution in [0.5, 0.6) is 0 Å². The third kappa shape index (κ3) is 3.05. The molecule has 0 aromatic carbocycles. The van der Waals surface area contributed by atoms with E-state index in [0.29, 0.717) is 29.4 Å². The number of nitrogens with two attached hydrogens (primary N) is 1. The van der Waals surface area contributed by atoms with E-state index in [4.69, 9.17) is 5.73 Å². The average molecular weight is 302 g/mol. The Morgan fingerprint density at radius 1 is 1.30 bits per heavy atom. The molecule has 1 aromatic rings. The monoisotopic (exact) mass is 302 g/mol. The largest absolute Gasteiger partial charge is 0.329 e. The number of aromatic nitrogens is 2. The molecule has 1 aromatic heterocycles. The zero-order chi connectivity index (χ0) is 15.5. The van der Waals surface area contributed by atoms with Crippen molar-refractivity contribution in [2.45, 2.75) is 58.0 Å². The first kappa shape index (κ1) is 17.1. The van der Waals surface area contributed by atoms with Crippen LogP contribution in [0.4, 0.5) is 0 Å². The van der Waals surface area contributed by atoms with Crippen molar-refractivity contribution in [3.63, 3.8) is 0 Å². The van der Waals surface area contributed by atoms with Gasteiger partial charge < -0.3 is 5.73 Å². The van der Waals surface area contributed by atoms with Gasteiger partial charge in [-0.25, -0.2) is 8.42 Å². The maximum atomic E-state index is 12.8. The quantitative estimate of drug-likeness (QED) is 0.822. The summed E-state index contributed by atoms with van der Waals surface area (Å²) in [6.07, 6.45) is 1.59. The molecule has 0 spiro atoms. The molecule has 0 atom stereocenters. The molecule has 0 saturated heterocycles. The molecule has 0 fully saturated rings. The van der Waals surface area contributed by atoms with Crippen LogP contribution in [0.2, 0.25) is 0 Å². The lowest BCUT2D eigenvalue weighted by Gasteiger charge is -2.25. The number of aryl methyl sites for hydroxylation is 1. The second-order valence-corrected chi connectivity index (χ2v) is 6.94. The first-order valence-corrected chi connectivity index (χ1v) is 8.47. The lowest BCUT2D eigenvalue weighted by molar-refractivity contribution is 0.349. The van der Waals surface area contributed by atoms with Crippen LogP contribution in [-0.4, -0.2) is 42.1 Å². The molecule has 0 aliphatic rings. The average Bonchev–Trinajstić information content (AvgIpc) is 2.66. The Labute approximate surface area is 122 Å². The Morgan fingerprint density at radius 3 is 2.30 bits per heavy atom. The van der Waals surface area contributed by atoms with Crippen molar-refractivity contribution < 1.29 is 8.42 Å². The van der Waals surface area contributed by atoms with Crippen molar-refractivity contribution in [1.82, 2.24) is 14.1 Å². The van der Waals surface area contributed by atoms with E-state index in [0.717, 1.165) is 12.8 Å². The van der Waals surface area contributed by atoms with Gasteiger partial charge in [0, 0.05) is 19.6 Å². The van der Waals surface area contributed by atoms with Crippen molar-refractivity contribution in [1.29, 1.82) is 0 Å². The lowest BCUT2D eigenvalue weighted by Crippen LogP contribution is -2.36. The summed E-state index contributed by atoms with van der Waals surface area (Å²) in [5, 5.41) is 4.29. The summed E-state index contributed by atoms with van der Waals surface area (Å²) in [7, 11) is -1.87. The first-order chi connectivity index (χ1) is 9.31. The van der Waals surface area contributed by atoms with E-state index < -0.39 is 10.0 Å². The van der Waals surface area contributed by atoms with Gasteiger partial charge in [-0.1, -0.05) is 13.8 Å². The second kappa shape index (κ2) is 6.69. The molecular formula is C13H26N4O2S. The topological polar surface area (TPSA) is 81.2 Å². The van der Waals surface area contributed by atoms with E-state index in [2.05, 4.69) is 5.10 Å². The van der Waals surface area contributed by atoms with Gasteiger partial charge in [-0.15, -0.1) is 0 Å². The highest BCUT2D eigenvalue weighted by atomic mass is 32.2. The van der Waals surface area contributed by atoms with Crippen LogP contribution in [0.1, 0.15) is 38.1 Å². The standard InChI is InChI=1S/C13H26N4O2S/c1-6-12(7-2)16(5)20(18,19)13-10(3)15-17(9-8-14)11(13)4/h12H,6-9,14H2,1-5H3. The van der Waals surface area contributed by atoms with Crippen LogP contribution in [0.25, 0.3) is 0 Å². The van der Waals surface area contributed by atoms with Gasteiger partial charge >= 0.3 is 0 Å². The normalized spacial score (nSPS) is 12.6. The Morgan fingerprint density at radius 2 is 1.85 bits per heavy atom. The first-order valence-electron chi connectivity index (χ1n) is 7.03. The van der Waals surface area contributed by atoms with Crippen LogP contribution in [0, 0.1) is 13.8 Å². The van der Waals surface area contributed by atoms with Crippen LogP contribution in [-0.2, 0) is 16.6 Å². The van der Waals surface area contributed by atoms with Gasteiger partial charge in [0.1, 0.15) is 4.90 Å². The maximum absolute atomic E-state index is 12.8. The second-order valence-electron chi connectivity index (χ2n) is 5.00. The van der Waals surface area contributed by atoms with Crippen molar-refractivity contribution in [3.8, 4) is 0 Å². The Hall–Kier alpha value is -0.920. The van der Waals surface area contributed by atoms with E-state index in [9.17, 15) is 8.42 Å². The zero-order valence-corrected chi connectivity index (χ0v) is 13.9. The van der Waals surface area contributed by atoms with Gasteiger partial charge in [-0.2, -0.15) is 9.40 Å². The molecule has 1 rings (SSSR count). The van der Waals surface area contributed by atoms with Crippen LogP contribution in [0.15, 0.2) is 4.90 Å². The Balaban J connectivity index is 3.29. The minimum Gasteiger partial charge on any atom is -0.329 e. The lowest BCUT2D eigenvalue weighted by atomic mass is 10.2. The molecule has 0 saturated carbocycles. The molecule has 7 heteroatoms. The van der Waals surface area contributed by atoms with Crippen molar-refractivity contribution in [2.75, 3.05) is 13.6 Å². The number of rotatable bonds is 7. The number of nitrogens with zero attached hydrogens (tertiary/aromatic N) is 3. The highest BCUT2D eigenvalue weighted by molar-refractivity contribution is 7.89. The molecule has 1 heterocycles. The van der Waals surface area contributed by atoms with Crippen LogP contribution < -0.4 is 5.73 Å². The summed E-state index contributed by atoms with van der Waals surface area (Å²) in [4.78, 5) is 0.320. The fourth-order valence-corrected chi connectivity index (χ4v) is 4.41. The Bertz CT molecular complexity index is 547. The zero-order valence-electron chi connectivity index (χ0n) is 13.0. The molecule has 2 N–H and O–H groups in total. The third-order valence-corrected chi connectivity index (χ3v) is 5.91. The summed E-state index contributed by atoms with van der Waals surface area (Å²) in [6.45, 7) is 8.47. The van der Waals surface area contributed by atoms with Crippen LogP contribution >= 0.6 is 0 Å². The van der Waals surface area contributed by atoms with Crippen molar-refractivity contribution in [2.24, 2.45) is 5.73 Å². The predicted molar refractivity (Wildman–Crippen MR) is 80.1 cm³/mol. The summed E-state index contributed by atoms with van der Waals surface area (Å²) >= 11 is 0. The van der Waals surface area contributed by atoms with Crippen LogP contribution in [0.3, 0.4) is 0 Å². The Kier molecular flexibility index (Phi) is 5.73. The molecule has 0 unspecified atom stereocenters. The summed E-state index contributed by atoms with van der Waals surface area (Å²) in [6, 6.07) is 0.0108. The highest BCUT2D eigenvalue weighted by Crippen LogP contribution is 2.25. The van der Waals surface area contributed by atoms with E-state index in [1.165, 1.54) is 4.31 Å². The van der Waals surface area contributed by atoms with Crippen molar-refractivity contribution >= 4 is 10.0 Å². The third-order valence-electron chi connectivity index (χ3n) is 3.75. The smallest absolute Gasteiger partial charge is 0.246 e. The van der Waals surface area contributed by atoms with Gasteiger partial charge in [-0.05, 0) is 26.7 Å². The maximum Gasteiger partial charge on any atom is 0.246 e. The highest BCUT2D eigenvalue weighted by Gasteiger charge is 2.31. The van der Waals surface area contributed by atoms with E-state index in [1.54, 1.807) is 25.6 Å². The minimum absolute atomic E-state index is 0.0108. The van der Waals surface area contributed by atoms with Gasteiger partial charge in [0.2, 0.25) is 10.0 Å². The SMILES string of the molecule is CCC(CC)N(C)S(=O)(=O)c1c(C)nn(CCN)c1C. The fraction of sp³-hybridized carbons (Fsp3) is 0.769. The summed E-state index contributed by atoms with van der Waals surface area (Å²) in [5.74, 6) is 0. The van der Waals surface area contributed by atoms with E-state index >= 15 is 0 Å². The summed E-state index contributed by atoms with van der Waals surface area (Å²) in [5.41, 5.74) is 6.72. The predicted octanol–water partition coefficient (Wildman–Crippen LogP) is 1.27. The van der Waals surface area contributed by atoms with Gasteiger partial charge in [0.05, 0.1) is 17.9 Å². The molecule has 0 bridgehead atoms. The number of hydrogen-bond acceptors (Lipinski definition) is 4. The summed E-state index contributed by atoms with van der Waals surface area (Å²) < 4.78 is 28.7. The number of hydrogen-bond donors (Lipinski definition) is 1. The van der Waals surface area contributed by atoms with E-state index in [-0.39, 0.29) is 6.04 Å². The molecule has 0 aliphatic heterocycles. The molecule has 6 nitrogen and oxygen atoms in total. The molecule has 0 aliphatic carbocycles. The number of sulfonamides is 1. The molecule has 116 valence electrons. The van der Waals surface area contributed by atoms with E-state index in [1.807, 2.05) is 13.8 Å².